The molecular formula is C22H26N2O2. The first kappa shape index (κ1) is 18.2. The summed E-state index contributed by atoms with van der Waals surface area (Å²) in [6.45, 7) is 3.01. The Bertz CT molecular complexity index is 726. The number of hydrogen-bond acceptors (Lipinski definition) is 2. The van der Waals surface area contributed by atoms with Crippen LogP contribution in [-0.2, 0) is 16.1 Å². The van der Waals surface area contributed by atoms with Crippen LogP contribution in [0.15, 0.2) is 60.7 Å². The predicted molar refractivity (Wildman–Crippen MR) is 102 cm³/mol. The van der Waals surface area contributed by atoms with Crippen LogP contribution < -0.4 is 5.32 Å². The standard InChI is InChI=1S/C22H26N2O2/c1-17(19-10-6-3-7-11-19)24(22(26)20-12-13-20)15-14-21(25)23-16-18-8-4-2-5-9-18/h2-11,17,20H,12-16H2,1H3,(H,23,25). The quantitative estimate of drug-likeness (QED) is 0.789. The molecule has 1 unspecified atom stereocenters. The minimum Gasteiger partial charge on any atom is -0.352 e. The van der Waals surface area contributed by atoms with Gasteiger partial charge in [-0.2, -0.15) is 0 Å². The topological polar surface area (TPSA) is 49.4 Å². The van der Waals surface area contributed by atoms with Crippen molar-refractivity contribution in [3.8, 4) is 0 Å². The second-order valence-electron chi connectivity index (χ2n) is 6.90. The summed E-state index contributed by atoms with van der Waals surface area (Å²) >= 11 is 0. The largest absolute Gasteiger partial charge is 0.352 e. The van der Waals surface area contributed by atoms with E-state index in [2.05, 4.69) is 5.32 Å². The molecule has 0 spiro atoms. The molecule has 0 saturated heterocycles. The van der Waals surface area contributed by atoms with Crippen LogP contribution in [0.3, 0.4) is 0 Å². The van der Waals surface area contributed by atoms with Gasteiger partial charge in [0, 0.05) is 25.4 Å². The van der Waals surface area contributed by atoms with Gasteiger partial charge in [0.15, 0.2) is 0 Å². The third kappa shape index (κ3) is 4.94. The lowest BCUT2D eigenvalue weighted by Gasteiger charge is -2.30. The summed E-state index contributed by atoms with van der Waals surface area (Å²) in [4.78, 5) is 26.8. The van der Waals surface area contributed by atoms with Crippen LogP contribution in [-0.4, -0.2) is 23.3 Å². The fourth-order valence-electron chi connectivity index (χ4n) is 3.08. The van der Waals surface area contributed by atoms with Gasteiger partial charge in [-0.15, -0.1) is 0 Å². The van der Waals surface area contributed by atoms with Crippen molar-refractivity contribution in [3.05, 3.63) is 71.8 Å². The van der Waals surface area contributed by atoms with E-state index in [9.17, 15) is 9.59 Å². The number of benzene rings is 2. The Morgan fingerprint density at radius 1 is 1.04 bits per heavy atom. The summed E-state index contributed by atoms with van der Waals surface area (Å²) in [5, 5.41) is 2.94. The van der Waals surface area contributed by atoms with E-state index in [4.69, 9.17) is 0 Å². The average Bonchev–Trinajstić information content (AvgIpc) is 3.53. The third-order valence-electron chi connectivity index (χ3n) is 4.87. The number of nitrogens with zero attached hydrogens (tertiary/aromatic N) is 1. The maximum Gasteiger partial charge on any atom is 0.226 e. The highest BCUT2D eigenvalue weighted by Gasteiger charge is 2.35. The average molecular weight is 350 g/mol. The van der Waals surface area contributed by atoms with E-state index in [1.54, 1.807) is 0 Å². The second kappa shape index (κ2) is 8.65. The number of hydrogen-bond donors (Lipinski definition) is 1. The molecule has 1 saturated carbocycles. The molecular weight excluding hydrogens is 324 g/mol. The summed E-state index contributed by atoms with van der Waals surface area (Å²) in [7, 11) is 0. The van der Waals surface area contributed by atoms with Gasteiger partial charge in [0.25, 0.3) is 0 Å². The molecule has 4 heteroatoms. The number of carbonyl (C=O) groups excluding carboxylic acids is 2. The van der Waals surface area contributed by atoms with Gasteiger partial charge >= 0.3 is 0 Å². The van der Waals surface area contributed by atoms with Crippen LogP contribution >= 0.6 is 0 Å². The summed E-state index contributed by atoms with van der Waals surface area (Å²) in [5.74, 6) is 0.300. The van der Waals surface area contributed by atoms with Gasteiger partial charge in [0.05, 0.1) is 6.04 Å². The first-order valence-electron chi connectivity index (χ1n) is 9.31. The highest BCUT2D eigenvalue weighted by atomic mass is 16.2. The van der Waals surface area contributed by atoms with Crippen LogP contribution in [0, 0.1) is 5.92 Å². The van der Waals surface area contributed by atoms with Crippen molar-refractivity contribution in [2.75, 3.05) is 6.54 Å². The van der Waals surface area contributed by atoms with Crippen molar-refractivity contribution in [3.63, 3.8) is 0 Å². The molecule has 0 bridgehead atoms. The molecule has 1 aliphatic rings. The minimum absolute atomic E-state index is 0.0220. The molecule has 4 nitrogen and oxygen atoms in total. The van der Waals surface area contributed by atoms with Gasteiger partial charge in [0.2, 0.25) is 11.8 Å². The molecule has 136 valence electrons. The Balaban J connectivity index is 1.57. The van der Waals surface area contributed by atoms with E-state index in [1.165, 1.54) is 0 Å². The highest BCUT2D eigenvalue weighted by Crippen LogP contribution is 2.34. The predicted octanol–water partition coefficient (Wildman–Crippen LogP) is 3.69. The molecule has 1 atom stereocenters. The number of carbonyl (C=O) groups is 2. The Hall–Kier alpha value is -2.62. The SMILES string of the molecule is CC(c1ccccc1)N(CCC(=O)NCc1ccccc1)C(=O)C1CC1. The summed E-state index contributed by atoms with van der Waals surface area (Å²) < 4.78 is 0. The van der Waals surface area contributed by atoms with Crippen LogP contribution in [0.2, 0.25) is 0 Å². The van der Waals surface area contributed by atoms with Gasteiger partial charge in [-0.1, -0.05) is 60.7 Å². The minimum atomic E-state index is -0.0253. The molecule has 0 radical (unpaired) electrons. The zero-order valence-electron chi connectivity index (χ0n) is 15.2. The van der Waals surface area contributed by atoms with E-state index in [1.807, 2.05) is 72.5 Å². The Kier molecular flexibility index (Phi) is 6.05. The summed E-state index contributed by atoms with van der Waals surface area (Å²) in [6, 6.07) is 19.8. The number of nitrogens with one attached hydrogen (secondary N) is 1. The number of rotatable bonds is 8. The van der Waals surface area contributed by atoms with Crippen molar-refractivity contribution < 1.29 is 9.59 Å². The van der Waals surface area contributed by atoms with Gasteiger partial charge < -0.3 is 10.2 Å². The molecule has 1 N–H and O–H groups in total. The maximum absolute atomic E-state index is 12.7. The molecule has 0 aromatic heterocycles. The normalized spacial score (nSPS) is 14.5. The Morgan fingerprint density at radius 3 is 2.27 bits per heavy atom. The first-order chi connectivity index (χ1) is 12.6. The van der Waals surface area contributed by atoms with Crippen LogP contribution in [0.4, 0.5) is 0 Å². The van der Waals surface area contributed by atoms with E-state index >= 15 is 0 Å². The molecule has 2 aromatic rings. The molecule has 2 amide bonds. The molecule has 1 aliphatic carbocycles. The van der Waals surface area contributed by atoms with Crippen LogP contribution in [0.1, 0.15) is 43.4 Å². The molecule has 26 heavy (non-hydrogen) atoms. The van der Waals surface area contributed by atoms with Crippen molar-refractivity contribution in [2.24, 2.45) is 5.92 Å². The lowest BCUT2D eigenvalue weighted by Crippen LogP contribution is -2.38. The summed E-state index contributed by atoms with van der Waals surface area (Å²) in [6.07, 6.45) is 2.26. The Labute approximate surface area is 155 Å². The molecule has 0 aliphatic heterocycles. The fraction of sp³-hybridized carbons (Fsp3) is 0.364. The summed E-state index contributed by atoms with van der Waals surface area (Å²) in [5.41, 5.74) is 2.18. The van der Waals surface area contributed by atoms with Crippen molar-refractivity contribution >= 4 is 11.8 Å². The fourth-order valence-corrected chi connectivity index (χ4v) is 3.08. The van der Waals surface area contributed by atoms with E-state index in [0.29, 0.717) is 19.5 Å². The lowest BCUT2D eigenvalue weighted by atomic mass is 10.1. The number of amides is 2. The first-order valence-corrected chi connectivity index (χ1v) is 9.31. The molecule has 0 heterocycles. The van der Waals surface area contributed by atoms with Crippen molar-refractivity contribution in [2.45, 2.75) is 38.8 Å². The zero-order chi connectivity index (χ0) is 18.4. The van der Waals surface area contributed by atoms with Gasteiger partial charge in [-0.05, 0) is 30.9 Å². The van der Waals surface area contributed by atoms with Crippen LogP contribution in [0.25, 0.3) is 0 Å². The monoisotopic (exact) mass is 350 g/mol. The van der Waals surface area contributed by atoms with E-state index in [-0.39, 0.29) is 23.8 Å². The van der Waals surface area contributed by atoms with Gasteiger partial charge in [-0.3, -0.25) is 9.59 Å². The van der Waals surface area contributed by atoms with Crippen molar-refractivity contribution in [1.82, 2.24) is 10.2 Å². The molecule has 1 fully saturated rings. The van der Waals surface area contributed by atoms with E-state index in [0.717, 1.165) is 24.0 Å². The highest BCUT2D eigenvalue weighted by molar-refractivity contribution is 5.82. The maximum atomic E-state index is 12.7. The van der Waals surface area contributed by atoms with E-state index < -0.39 is 0 Å². The molecule has 3 rings (SSSR count). The molecule has 2 aromatic carbocycles. The second-order valence-corrected chi connectivity index (χ2v) is 6.90. The van der Waals surface area contributed by atoms with Gasteiger partial charge in [0.1, 0.15) is 0 Å². The van der Waals surface area contributed by atoms with Crippen LogP contribution in [0.5, 0.6) is 0 Å². The van der Waals surface area contributed by atoms with Crippen molar-refractivity contribution in [1.29, 1.82) is 0 Å². The smallest absolute Gasteiger partial charge is 0.226 e. The van der Waals surface area contributed by atoms with Gasteiger partial charge in [-0.25, -0.2) is 0 Å². The zero-order valence-corrected chi connectivity index (χ0v) is 15.2. The third-order valence-corrected chi connectivity index (χ3v) is 4.87. The lowest BCUT2D eigenvalue weighted by molar-refractivity contribution is -0.135. The Morgan fingerprint density at radius 2 is 1.65 bits per heavy atom.